The van der Waals surface area contributed by atoms with E-state index in [2.05, 4.69) is 5.32 Å². The highest BCUT2D eigenvalue weighted by molar-refractivity contribution is 6.24. The summed E-state index contributed by atoms with van der Waals surface area (Å²) in [7, 11) is 2.64. The minimum atomic E-state index is -4.74. The molecule has 0 aliphatic carbocycles. The molecule has 3 N–H and O–H groups in total. The highest BCUT2D eigenvalue weighted by Gasteiger charge is 2.53. The van der Waals surface area contributed by atoms with E-state index in [0.717, 1.165) is 35.3 Å². The second kappa shape index (κ2) is 11.6. The van der Waals surface area contributed by atoms with Crippen molar-refractivity contribution in [2.75, 3.05) is 26.1 Å². The number of benzene rings is 3. The van der Waals surface area contributed by atoms with Crippen LogP contribution in [0.4, 0.5) is 27.6 Å². The Morgan fingerprint density at radius 1 is 1.02 bits per heavy atom. The predicted octanol–water partition coefficient (Wildman–Crippen LogP) is 5.94. The van der Waals surface area contributed by atoms with Gasteiger partial charge in [0.15, 0.2) is 23.1 Å². The number of anilines is 1. The molecule has 0 unspecified atom stereocenters. The molecule has 2 aliphatic heterocycles. The third kappa shape index (κ3) is 5.39. The van der Waals surface area contributed by atoms with Crippen LogP contribution in [0.2, 0.25) is 0 Å². The molecular weight excluding hydrogens is 605 g/mol. The topological polar surface area (TPSA) is 112 Å². The molecule has 1 fully saturated rings. The van der Waals surface area contributed by atoms with Crippen molar-refractivity contribution < 1.29 is 51.2 Å². The SMILES string of the molecule is COc1cccc(-c2cc(C(F)(F)F)ccc2NC(=O)C2=C(O)[C@@]3(C)CCCN3N(Cc3ccc(O)c(F)c3F)C2=O)c1OC. The Morgan fingerprint density at radius 2 is 1.76 bits per heavy atom. The molecule has 3 aromatic carbocycles. The van der Waals surface area contributed by atoms with Crippen molar-refractivity contribution in [3.63, 3.8) is 0 Å². The summed E-state index contributed by atoms with van der Waals surface area (Å²) in [6.07, 6.45) is -3.98. The van der Waals surface area contributed by atoms with Crippen LogP contribution >= 0.6 is 0 Å². The molecule has 1 atom stereocenters. The number of phenolic OH excluding ortho intramolecular Hbond substituents is 1. The number of fused-ring (bicyclic) bond motifs is 1. The summed E-state index contributed by atoms with van der Waals surface area (Å²) in [5.41, 5.74) is -3.48. The van der Waals surface area contributed by atoms with Crippen LogP contribution in [-0.2, 0) is 22.3 Å². The third-order valence-electron chi connectivity index (χ3n) is 8.07. The highest BCUT2D eigenvalue weighted by Crippen LogP contribution is 2.45. The zero-order valence-electron chi connectivity index (χ0n) is 24.3. The average Bonchev–Trinajstić information content (AvgIpc) is 3.41. The molecule has 0 aromatic heterocycles. The molecule has 3 aromatic rings. The maximum Gasteiger partial charge on any atom is 0.416 e. The second-order valence-electron chi connectivity index (χ2n) is 10.7. The van der Waals surface area contributed by atoms with E-state index in [1.807, 2.05) is 0 Å². The van der Waals surface area contributed by atoms with Crippen molar-refractivity contribution in [2.45, 2.75) is 38.0 Å². The van der Waals surface area contributed by atoms with Crippen molar-refractivity contribution in [3.8, 4) is 28.4 Å². The van der Waals surface area contributed by atoms with Crippen molar-refractivity contribution >= 4 is 17.5 Å². The number of alkyl halides is 3. The largest absolute Gasteiger partial charge is 0.509 e. The van der Waals surface area contributed by atoms with Gasteiger partial charge >= 0.3 is 6.18 Å². The molecule has 0 bridgehead atoms. The average molecular weight is 634 g/mol. The molecule has 0 spiro atoms. The number of aliphatic hydroxyl groups is 1. The summed E-state index contributed by atoms with van der Waals surface area (Å²) in [6, 6.07) is 9.07. The molecule has 14 heteroatoms. The van der Waals surface area contributed by atoms with Crippen LogP contribution in [0.1, 0.15) is 30.9 Å². The van der Waals surface area contributed by atoms with Crippen LogP contribution in [0.3, 0.4) is 0 Å². The number of carbonyl (C=O) groups is 2. The maximum atomic E-state index is 14.7. The summed E-state index contributed by atoms with van der Waals surface area (Å²) >= 11 is 0. The molecule has 5 rings (SSSR count). The van der Waals surface area contributed by atoms with E-state index >= 15 is 0 Å². The number of nitrogens with one attached hydrogen (secondary N) is 1. The van der Waals surface area contributed by atoms with Gasteiger partial charge in [-0.15, -0.1) is 0 Å². The van der Waals surface area contributed by atoms with Gasteiger partial charge in [-0.3, -0.25) is 14.6 Å². The zero-order valence-corrected chi connectivity index (χ0v) is 24.3. The number of aliphatic hydroxyl groups excluding tert-OH is 1. The molecule has 238 valence electrons. The van der Waals surface area contributed by atoms with E-state index in [1.54, 1.807) is 6.92 Å². The van der Waals surface area contributed by atoms with E-state index in [4.69, 9.17) is 9.47 Å². The van der Waals surface area contributed by atoms with E-state index in [1.165, 1.54) is 37.4 Å². The summed E-state index contributed by atoms with van der Waals surface area (Å²) in [5.74, 6) is -6.33. The number of methoxy groups -OCH3 is 2. The van der Waals surface area contributed by atoms with Gasteiger partial charge in [0.25, 0.3) is 11.8 Å². The first-order valence-electron chi connectivity index (χ1n) is 13.7. The quantitative estimate of drug-likeness (QED) is 0.218. The van der Waals surface area contributed by atoms with Gasteiger partial charge in [0.1, 0.15) is 11.3 Å². The van der Waals surface area contributed by atoms with Gasteiger partial charge in [0.2, 0.25) is 5.82 Å². The number of ether oxygens (including phenoxy) is 2. The van der Waals surface area contributed by atoms with Crippen LogP contribution in [-0.4, -0.2) is 58.3 Å². The van der Waals surface area contributed by atoms with Crippen molar-refractivity contribution in [1.29, 1.82) is 0 Å². The number of hydrogen-bond acceptors (Lipinski definition) is 7. The highest BCUT2D eigenvalue weighted by atomic mass is 19.4. The number of nitrogens with zero attached hydrogens (tertiary/aromatic N) is 2. The van der Waals surface area contributed by atoms with Gasteiger partial charge in [-0.25, -0.2) is 9.40 Å². The summed E-state index contributed by atoms with van der Waals surface area (Å²) < 4.78 is 80.8. The normalized spacial score (nSPS) is 18.7. The summed E-state index contributed by atoms with van der Waals surface area (Å²) in [6.45, 7) is 1.26. The van der Waals surface area contributed by atoms with Gasteiger partial charge in [-0.1, -0.05) is 18.2 Å². The lowest BCUT2D eigenvalue weighted by Gasteiger charge is -2.46. The fraction of sp³-hybridized carbons (Fsp3) is 0.290. The molecule has 9 nitrogen and oxygen atoms in total. The van der Waals surface area contributed by atoms with Crippen molar-refractivity contribution in [2.24, 2.45) is 0 Å². The number of aromatic hydroxyl groups is 1. The van der Waals surface area contributed by atoms with E-state index in [-0.39, 0.29) is 40.4 Å². The molecule has 1 saturated heterocycles. The Hall–Kier alpha value is -4.85. The number of carbonyl (C=O) groups excluding carboxylic acids is 2. The van der Waals surface area contributed by atoms with Crippen LogP contribution in [0.25, 0.3) is 11.1 Å². The number of halogens is 5. The minimum Gasteiger partial charge on any atom is -0.509 e. The Balaban J connectivity index is 1.58. The first kappa shape index (κ1) is 31.6. The molecular formula is C31H28F5N3O6. The fourth-order valence-electron chi connectivity index (χ4n) is 5.75. The smallest absolute Gasteiger partial charge is 0.416 e. The number of amides is 2. The van der Waals surface area contributed by atoms with Gasteiger partial charge in [0.05, 0.1) is 31.9 Å². The Labute approximate surface area is 254 Å². The van der Waals surface area contributed by atoms with Crippen LogP contribution in [0.5, 0.6) is 17.2 Å². The molecule has 0 saturated carbocycles. The monoisotopic (exact) mass is 633 g/mol. The van der Waals surface area contributed by atoms with E-state index in [9.17, 15) is 41.8 Å². The van der Waals surface area contributed by atoms with Crippen molar-refractivity contribution in [1.82, 2.24) is 10.0 Å². The molecule has 0 radical (unpaired) electrons. The van der Waals surface area contributed by atoms with Crippen LogP contribution in [0.15, 0.2) is 59.9 Å². The molecule has 2 aliphatic rings. The van der Waals surface area contributed by atoms with Gasteiger partial charge < -0.3 is 25.0 Å². The fourth-order valence-corrected chi connectivity index (χ4v) is 5.75. The lowest BCUT2D eigenvalue weighted by Crippen LogP contribution is -2.60. The zero-order chi connectivity index (χ0) is 32.8. The first-order chi connectivity index (χ1) is 21.2. The Morgan fingerprint density at radius 3 is 2.42 bits per heavy atom. The number of rotatable bonds is 7. The lowest BCUT2D eigenvalue weighted by molar-refractivity contribution is -0.160. The van der Waals surface area contributed by atoms with Gasteiger partial charge in [0, 0.05) is 28.9 Å². The lowest BCUT2D eigenvalue weighted by atomic mass is 9.90. The summed E-state index contributed by atoms with van der Waals surface area (Å²) in [4.78, 5) is 27.6. The molecule has 2 amide bonds. The van der Waals surface area contributed by atoms with Gasteiger partial charge in [-0.05, 0) is 50.1 Å². The predicted molar refractivity (Wildman–Crippen MR) is 151 cm³/mol. The van der Waals surface area contributed by atoms with Crippen molar-refractivity contribution in [3.05, 3.63) is 82.6 Å². The Kier molecular flexibility index (Phi) is 8.12. The van der Waals surface area contributed by atoms with Crippen LogP contribution in [0, 0.1) is 11.6 Å². The second-order valence-corrected chi connectivity index (χ2v) is 10.7. The molecule has 45 heavy (non-hydrogen) atoms. The van der Waals surface area contributed by atoms with E-state index in [0.29, 0.717) is 12.8 Å². The standard InChI is InChI=1S/C31H28F5N3O6/c1-30-12-5-13-39(30)38(15-16-8-11-21(40)25(33)24(16)32)29(43)23(27(30)41)28(42)37-20-10-9-17(31(34,35)36)14-19(20)18-6-4-7-22(44-2)26(18)45-3/h4,6-11,14,40-41H,5,12-13,15H2,1-3H3,(H,37,42)/t30-/m1/s1. The Bertz CT molecular complexity index is 1730. The maximum absolute atomic E-state index is 14.7. The minimum absolute atomic E-state index is 0.0778. The summed E-state index contributed by atoms with van der Waals surface area (Å²) in [5, 5.41) is 25.7. The first-order valence-corrected chi connectivity index (χ1v) is 13.7. The molecule has 2 heterocycles. The van der Waals surface area contributed by atoms with Crippen LogP contribution < -0.4 is 14.8 Å². The van der Waals surface area contributed by atoms with Gasteiger partial charge in [-0.2, -0.15) is 17.6 Å². The number of para-hydroxylation sites is 1. The number of hydrazine groups is 1. The van der Waals surface area contributed by atoms with E-state index < -0.39 is 64.4 Å². The number of phenols is 1. The third-order valence-corrected chi connectivity index (χ3v) is 8.07. The number of hydrogen-bond donors (Lipinski definition) is 3.